The molecule has 0 atom stereocenters. The molecule has 0 bridgehead atoms. The number of fused-ring (bicyclic) bond motifs is 1. The van der Waals surface area contributed by atoms with Crippen LogP contribution < -0.4 is 0 Å². The van der Waals surface area contributed by atoms with E-state index in [0.29, 0.717) is 6.42 Å². The summed E-state index contributed by atoms with van der Waals surface area (Å²) in [6.07, 6.45) is 6.23. The van der Waals surface area contributed by atoms with Crippen molar-refractivity contribution in [2.45, 2.75) is 48.9 Å². The van der Waals surface area contributed by atoms with Gasteiger partial charge in [-0.05, 0) is 31.4 Å². The Balaban J connectivity index is 1.48. The number of sulfonamides is 1. The maximum atomic E-state index is 12.5. The van der Waals surface area contributed by atoms with Gasteiger partial charge in [0.25, 0.3) is 0 Å². The minimum absolute atomic E-state index is 0.209. The lowest BCUT2D eigenvalue weighted by molar-refractivity contribution is 0.286. The number of thiazole rings is 1. The van der Waals surface area contributed by atoms with E-state index in [2.05, 4.69) is 11.1 Å². The highest BCUT2D eigenvalue weighted by Gasteiger charge is 2.27. The van der Waals surface area contributed by atoms with E-state index in [1.807, 2.05) is 18.2 Å². The molecular weight excluding hydrogens is 360 g/mol. The molecule has 3 rings (SSSR count). The summed E-state index contributed by atoms with van der Waals surface area (Å²) in [6, 6.07) is 8.30. The topological polar surface area (TPSA) is 50.3 Å². The molecule has 0 saturated heterocycles. The molecule has 1 aliphatic rings. The quantitative estimate of drug-likeness (QED) is 0.525. The lowest BCUT2D eigenvalue weighted by Crippen LogP contribution is -2.39. The van der Waals surface area contributed by atoms with Crippen LogP contribution in [0.4, 0.5) is 0 Å². The average molecular weight is 385 g/mol. The molecule has 0 N–H and O–H groups in total. The Hall–Kier alpha value is -0.630. The van der Waals surface area contributed by atoms with Gasteiger partial charge >= 0.3 is 0 Å². The molecular formula is C17H24N2O2S3. The summed E-state index contributed by atoms with van der Waals surface area (Å²) in [5.74, 6) is 1.02. The largest absolute Gasteiger partial charge is 0.230 e. The molecule has 4 nitrogen and oxygen atoms in total. The standard InChI is InChI=1S/C17H24N2O2S3/c1-19(14-8-3-2-4-9-14)24(20,21)13-7-12-22-17-18-15-10-5-6-11-16(15)23-17/h5-6,10-11,14H,2-4,7-9,12-13H2,1H3. The van der Waals surface area contributed by atoms with Gasteiger partial charge in [-0.1, -0.05) is 43.2 Å². The summed E-state index contributed by atoms with van der Waals surface area (Å²) in [6.45, 7) is 0. The second kappa shape index (κ2) is 8.17. The van der Waals surface area contributed by atoms with Gasteiger partial charge in [-0.3, -0.25) is 0 Å². The molecule has 0 spiro atoms. The fourth-order valence-corrected chi connectivity index (χ4v) is 6.85. The van der Waals surface area contributed by atoms with Crippen molar-refractivity contribution in [2.24, 2.45) is 0 Å². The summed E-state index contributed by atoms with van der Waals surface area (Å²) in [5.41, 5.74) is 1.02. The summed E-state index contributed by atoms with van der Waals surface area (Å²) in [7, 11) is -1.38. The molecule has 24 heavy (non-hydrogen) atoms. The number of rotatable bonds is 7. The summed E-state index contributed by atoms with van der Waals surface area (Å²) in [4.78, 5) is 4.58. The van der Waals surface area contributed by atoms with E-state index >= 15 is 0 Å². The van der Waals surface area contributed by atoms with Crippen LogP contribution in [0.1, 0.15) is 38.5 Å². The van der Waals surface area contributed by atoms with E-state index in [-0.39, 0.29) is 11.8 Å². The summed E-state index contributed by atoms with van der Waals surface area (Å²) >= 11 is 3.33. The second-order valence-electron chi connectivity index (χ2n) is 6.27. The van der Waals surface area contributed by atoms with Crippen LogP contribution in [0, 0.1) is 0 Å². The summed E-state index contributed by atoms with van der Waals surface area (Å²) in [5, 5.41) is 0. The van der Waals surface area contributed by atoms with Gasteiger partial charge in [-0.25, -0.2) is 17.7 Å². The third kappa shape index (κ3) is 4.50. The van der Waals surface area contributed by atoms with E-state index in [9.17, 15) is 8.42 Å². The van der Waals surface area contributed by atoms with E-state index in [1.165, 1.54) is 11.1 Å². The van der Waals surface area contributed by atoms with Crippen molar-refractivity contribution >= 4 is 43.3 Å². The Labute approximate surface area is 152 Å². The molecule has 1 heterocycles. The first-order valence-electron chi connectivity index (χ1n) is 8.50. The fourth-order valence-electron chi connectivity index (χ4n) is 3.13. The zero-order valence-corrected chi connectivity index (χ0v) is 16.4. The normalized spacial score (nSPS) is 16.9. The van der Waals surface area contributed by atoms with Gasteiger partial charge in [0.15, 0.2) is 4.34 Å². The molecule has 1 aromatic carbocycles. The van der Waals surface area contributed by atoms with Crippen molar-refractivity contribution in [2.75, 3.05) is 18.6 Å². The maximum absolute atomic E-state index is 12.5. The van der Waals surface area contributed by atoms with Crippen molar-refractivity contribution in [1.82, 2.24) is 9.29 Å². The molecule has 1 saturated carbocycles. The number of hydrogen-bond acceptors (Lipinski definition) is 5. The second-order valence-corrected chi connectivity index (χ2v) is 10.8. The van der Waals surface area contributed by atoms with Gasteiger partial charge in [0.2, 0.25) is 10.0 Å². The van der Waals surface area contributed by atoms with Gasteiger partial charge in [0, 0.05) is 18.8 Å². The first-order valence-corrected chi connectivity index (χ1v) is 11.9. The number of aromatic nitrogens is 1. The van der Waals surface area contributed by atoms with Crippen molar-refractivity contribution in [3.63, 3.8) is 0 Å². The average Bonchev–Trinajstić information content (AvgIpc) is 3.01. The third-order valence-corrected chi connectivity index (χ3v) is 8.82. The Morgan fingerprint density at radius 2 is 2.00 bits per heavy atom. The molecule has 2 aromatic rings. The van der Waals surface area contributed by atoms with Gasteiger partial charge < -0.3 is 0 Å². The van der Waals surface area contributed by atoms with Crippen molar-refractivity contribution in [1.29, 1.82) is 0 Å². The van der Waals surface area contributed by atoms with Crippen LogP contribution >= 0.6 is 23.1 Å². The predicted molar refractivity (Wildman–Crippen MR) is 103 cm³/mol. The molecule has 0 amide bonds. The van der Waals surface area contributed by atoms with Gasteiger partial charge in [-0.15, -0.1) is 11.3 Å². The van der Waals surface area contributed by atoms with E-state index < -0.39 is 10.0 Å². The lowest BCUT2D eigenvalue weighted by Gasteiger charge is -2.30. The van der Waals surface area contributed by atoms with Crippen LogP contribution in [0.15, 0.2) is 28.6 Å². The highest BCUT2D eigenvalue weighted by molar-refractivity contribution is 8.01. The number of para-hydroxylation sites is 1. The highest BCUT2D eigenvalue weighted by Crippen LogP contribution is 2.30. The lowest BCUT2D eigenvalue weighted by atomic mass is 9.96. The Bertz CT molecular complexity index is 734. The van der Waals surface area contributed by atoms with E-state index in [1.54, 1.807) is 34.5 Å². The zero-order chi connectivity index (χ0) is 17.0. The minimum Gasteiger partial charge on any atom is -0.230 e. The molecule has 1 aromatic heterocycles. The Morgan fingerprint density at radius 1 is 1.25 bits per heavy atom. The Kier molecular flexibility index (Phi) is 6.18. The first kappa shape index (κ1) is 18.2. The minimum atomic E-state index is -3.14. The SMILES string of the molecule is CN(C1CCCCC1)S(=O)(=O)CCCSc1nc2ccccc2s1. The molecule has 1 fully saturated rings. The zero-order valence-electron chi connectivity index (χ0n) is 14.0. The first-order chi connectivity index (χ1) is 11.6. The number of thioether (sulfide) groups is 1. The van der Waals surface area contributed by atoms with Crippen LogP contribution in [0.5, 0.6) is 0 Å². The third-order valence-electron chi connectivity index (χ3n) is 4.57. The van der Waals surface area contributed by atoms with E-state index in [4.69, 9.17) is 0 Å². The van der Waals surface area contributed by atoms with Gasteiger partial charge in [0.1, 0.15) is 0 Å². The Morgan fingerprint density at radius 3 is 2.75 bits per heavy atom. The molecule has 0 aliphatic heterocycles. The van der Waals surface area contributed by atoms with Gasteiger partial charge in [0.05, 0.1) is 16.0 Å². The van der Waals surface area contributed by atoms with Crippen LogP contribution in [0.2, 0.25) is 0 Å². The van der Waals surface area contributed by atoms with Crippen molar-refractivity contribution in [3.05, 3.63) is 24.3 Å². The smallest absolute Gasteiger partial charge is 0.214 e. The molecule has 132 valence electrons. The molecule has 0 radical (unpaired) electrons. The predicted octanol–water partition coefficient (Wildman–Crippen LogP) is 4.37. The van der Waals surface area contributed by atoms with E-state index in [0.717, 1.165) is 41.3 Å². The molecule has 0 unspecified atom stereocenters. The van der Waals surface area contributed by atoms with Crippen molar-refractivity contribution < 1.29 is 8.42 Å². The molecule has 1 aliphatic carbocycles. The number of benzene rings is 1. The van der Waals surface area contributed by atoms with Crippen LogP contribution in [0.25, 0.3) is 10.2 Å². The monoisotopic (exact) mass is 384 g/mol. The van der Waals surface area contributed by atoms with Gasteiger partial charge in [-0.2, -0.15) is 0 Å². The van der Waals surface area contributed by atoms with Crippen LogP contribution in [-0.2, 0) is 10.0 Å². The van der Waals surface area contributed by atoms with Crippen LogP contribution in [0.3, 0.4) is 0 Å². The molecule has 7 heteroatoms. The van der Waals surface area contributed by atoms with Crippen LogP contribution in [-0.4, -0.2) is 42.3 Å². The maximum Gasteiger partial charge on any atom is 0.214 e. The van der Waals surface area contributed by atoms with Crippen molar-refractivity contribution in [3.8, 4) is 0 Å². The summed E-state index contributed by atoms with van der Waals surface area (Å²) < 4.78 is 28.8. The number of hydrogen-bond donors (Lipinski definition) is 0. The highest BCUT2D eigenvalue weighted by atomic mass is 32.2. The fraction of sp³-hybridized carbons (Fsp3) is 0.588. The number of nitrogens with zero attached hydrogens (tertiary/aromatic N) is 2.